The molecule has 0 aromatic rings. The van der Waals surface area contributed by atoms with Crippen LogP contribution in [-0.2, 0) is 22.4 Å². The van der Waals surface area contributed by atoms with Gasteiger partial charge in [0, 0.05) is 6.61 Å². The summed E-state index contributed by atoms with van der Waals surface area (Å²) in [5, 5.41) is 0. The highest BCUT2D eigenvalue weighted by molar-refractivity contribution is 6.87. The van der Waals surface area contributed by atoms with Crippen LogP contribution in [0.5, 0.6) is 0 Å². The number of ether oxygens (including phenoxy) is 3. The summed E-state index contributed by atoms with van der Waals surface area (Å²) >= 11 is 0. The number of carbonyl (C=O) groups is 1. The minimum atomic E-state index is -2.06. The van der Waals surface area contributed by atoms with E-state index in [0.717, 1.165) is 12.5 Å². The van der Waals surface area contributed by atoms with Crippen LogP contribution >= 0.6 is 0 Å². The van der Waals surface area contributed by atoms with E-state index < -0.39 is 31.4 Å². The second kappa shape index (κ2) is 8.26. The van der Waals surface area contributed by atoms with E-state index in [2.05, 4.69) is 45.8 Å². The van der Waals surface area contributed by atoms with Gasteiger partial charge in [0.2, 0.25) is 0 Å². The average Bonchev–Trinajstić information content (AvgIpc) is 2.69. The van der Waals surface area contributed by atoms with E-state index >= 15 is 0 Å². The first-order valence-electron chi connectivity index (χ1n) is 8.20. The zero-order valence-corrected chi connectivity index (χ0v) is 18.6. The van der Waals surface area contributed by atoms with Gasteiger partial charge in [0.15, 0.2) is 22.7 Å². The van der Waals surface area contributed by atoms with Gasteiger partial charge in [0.05, 0.1) is 6.61 Å². The van der Waals surface area contributed by atoms with Gasteiger partial charge in [-0.25, -0.2) is 4.79 Å². The third-order valence-corrected chi connectivity index (χ3v) is 13.2. The molecule has 0 aromatic heterocycles. The lowest BCUT2D eigenvalue weighted by atomic mass is 10.4. The van der Waals surface area contributed by atoms with E-state index in [9.17, 15) is 4.79 Å². The average molecular weight is 381 g/mol. The smallest absolute Gasteiger partial charge is 0.437 e. The van der Waals surface area contributed by atoms with E-state index in [1.54, 1.807) is 0 Å². The van der Waals surface area contributed by atoms with Crippen molar-refractivity contribution in [3.05, 3.63) is 0 Å². The highest BCUT2D eigenvalue weighted by atomic mass is 28.5. The van der Waals surface area contributed by atoms with Gasteiger partial charge < -0.3 is 22.4 Å². The second-order valence-corrected chi connectivity index (χ2v) is 20.6. The minimum Gasteiger partial charge on any atom is -0.437 e. The molecule has 0 bridgehead atoms. The van der Waals surface area contributed by atoms with Crippen LogP contribution in [0, 0.1) is 0 Å². The first-order chi connectivity index (χ1) is 10.4. The Morgan fingerprint density at radius 3 is 2.26 bits per heavy atom. The predicted octanol–water partition coefficient (Wildman–Crippen LogP) is 3.70. The molecular weight excluding hydrogens is 348 g/mol. The normalized spacial score (nSPS) is 19.6. The molecule has 0 N–H and O–H groups in total. The van der Waals surface area contributed by atoms with Crippen molar-refractivity contribution in [2.24, 2.45) is 0 Å². The van der Waals surface area contributed by atoms with Crippen LogP contribution in [-0.4, -0.2) is 57.3 Å². The van der Waals surface area contributed by atoms with Gasteiger partial charge in [-0.15, -0.1) is 0 Å². The van der Waals surface area contributed by atoms with Crippen molar-refractivity contribution in [2.75, 3.05) is 19.8 Å². The van der Waals surface area contributed by atoms with Crippen molar-refractivity contribution in [1.82, 2.24) is 0 Å². The van der Waals surface area contributed by atoms with E-state index in [1.807, 2.05) is 0 Å². The topological polar surface area (TPSA) is 63.2 Å². The summed E-state index contributed by atoms with van der Waals surface area (Å²) in [5.74, 6) is 0. The number of rotatable bonds is 10. The van der Waals surface area contributed by atoms with Crippen LogP contribution in [0.15, 0.2) is 0 Å². The molecule has 1 aliphatic rings. The van der Waals surface area contributed by atoms with Gasteiger partial charge in [-0.1, -0.05) is 0 Å². The molecule has 1 saturated heterocycles. The van der Waals surface area contributed by atoms with Crippen LogP contribution in [0.25, 0.3) is 0 Å². The van der Waals surface area contributed by atoms with Gasteiger partial charge >= 0.3 is 14.7 Å². The molecule has 0 aliphatic carbocycles. The Bertz CT molecular complexity index is 394. The molecule has 1 atom stereocenters. The standard InChI is InChI=1S/C14H32O6Si3/c1-21(2,3)19-23(6,7)20-22(4,5)10-8-9-16-11-13-12-17-14(15)18-13/h13H,8-12H2,1-7H3. The first-order valence-corrected chi connectivity index (χ1v) is 17.5. The molecule has 1 rings (SSSR count). The molecule has 23 heavy (non-hydrogen) atoms. The van der Waals surface area contributed by atoms with Gasteiger partial charge in [0.1, 0.15) is 6.61 Å². The molecule has 0 saturated carbocycles. The van der Waals surface area contributed by atoms with Gasteiger partial charge in [0.25, 0.3) is 0 Å². The SMILES string of the molecule is C[Si](C)(C)O[Si](C)(C)O[Si](C)(C)CCCOCC1COC(=O)O1. The number of hydrogen-bond acceptors (Lipinski definition) is 6. The summed E-state index contributed by atoms with van der Waals surface area (Å²) in [6, 6.07) is 1.03. The van der Waals surface area contributed by atoms with E-state index in [0.29, 0.717) is 13.2 Å². The maximum absolute atomic E-state index is 10.8. The summed E-state index contributed by atoms with van der Waals surface area (Å²) < 4.78 is 27.9. The van der Waals surface area contributed by atoms with Crippen LogP contribution < -0.4 is 0 Å². The lowest BCUT2D eigenvalue weighted by Crippen LogP contribution is -2.51. The van der Waals surface area contributed by atoms with Gasteiger partial charge in [-0.2, -0.15) is 0 Å². The Kier molecular flexibility index (Phi) is 7.48. The molecule has 0 spiro atoms. The molecule has 136 valence electrons. The number of carbonyl (C=O) groups excluding carboxylic acids is 1. The molecule has 0 radical (unpaired) electrons. The molecule has 1 heterocycles. The monoisotopic (exact) mass is 380 g/mol. The van der Waals surface area contributed by atoms with Crippen LogP contribution in [0.2, 0.25) is 51.9 Å². The molecule has 1 aliphatic heterocycles. The van der Waals surface area contributed by atoms with E-state index in [-0.39, 0.29) is 12.7 Å². The molecule has 6 nitrogen and oxygen atoms in total. The molecule has 0 aromatic carbocycles. The molecule has 1 fully saturated rings. The Hall–Kier alpha value is -0.199. The lowest BCUT2D eigenvalue weighted by molar-refractivity contribution is 0.0460. The maximum Gasteiger partial charge on any atom is 0.508 e. The summed E-state index contributed by atoms with van der Waals surface area (Å²) in [7, 11) is -5.40. The number of hydrogen-bond donors (Lipinski definition) is 0. The fourth-order valence-electron chi connectivity index (χ4n) is 2.74. The second-order valence-electron chi connectivity index (χ2n) is 7.96. The zero-order chi connectivity index (χ0) is 17.7. The molecule has 0 amide bonds. The van der Waals surface area contributed by atoms with Crippen molar-refractivity contribution in [3.63, 3.8) is 0 Å². The van der Waals surface area contributed by atoms with Crippen molar-refractivity contribution < 1.29 is 27.2 Å². The summed E-state index contributed by atoms with van der Waals surface area (Å²) in [6.07, 6.45) is 0.0775. The van der Waals surface area contributed by atoms with Gasteiger partial charge in [-0.05, 0) is 58.3 Å². The summed E-state index contributed by atoms with van der Waals surface area (Å²) in [4.78, 5) is 10.8. The van der Waals surface area contributed by atoms with Gasteiger partial charge in [-0.3, -0.25) is 0 Å². The Morgan fingerprint density at radius 2 is 1.74 bits per heavy atom. The van der Waals surface area contributed by atoms with Crippen molar-refractivity contribution in [1.29, 1.82) is 0 Å². The minimum absolute atomic E-state index is 0.263. The van der Waals surface area contributed by atoms with E-state index in [4.69, 9.17) is 22.4 Å². The predicted molar refractivity (Wildman–Crippen MR) is 96.9 cm³/mol. The lowest BCUT2D eigenvalue weighted by Gasteiger charge is -2.37. The fraction of sp³-hybridized carbons (Fsp3) is 0.929. The highest BCUT2D eigenvalue weighted by Crippen LogP contribution is 2.23. The Balaban J connectivity index is 2.22. The van der Waals surface area contributed by atoms with Crippen molar-refractivity contribution >= 4 is 31.4 Å². The van der Waals surface area contributed by atoms with E-state index in [1.165, 1.54) is 0 Å². The first kappa shape index (κ1) is 20.8. The number of cyclic esters (lactones) is 2. The third-order valence-electron chi connectivity index (χ3n) is 3.10. The summed E-state index contributed by atoms with van der Waals surface area (Å²) in [6.45, 7) is 16.7. The third kappa shape index (κ3) is 9.62. The van der Waals surface area contributed by atoms with Crippen molar-refractivity contribution in [3.8, 4) is 0 Å². The molecule has 9 heteroatoms. The zero-order valence-electron chi connectivity index (χ0n) is 15.6. The van der Waals surface area contributed by atoms with Crippen molar-refractivity contribution in [2.45, 2.75) is 64.4 Å². The molecule has 1 unspecified atom stereocenters. The Morgan fingerprint density at radius 1 is 1.09 bits per heavy atom. The largest absolute Gasteiger partial charge is 0.508 e. The fourth-order valence-corrected chi connectivity index (χ4v) is 15.9. The maximum atomic E-state index is 10.8. The van der Waals surface area contributed by atoms with Crippen LogP contribution in [0.3, 0.4) is 0 Å². The summed E-state index contributed by atoms with van der Waals surface area (Å²) in [5.41, 5.74) is 0. The van der Waals surface area contributed by atoms with Crippen LogP contribution in [0.1, 0.15) is 6.42 Å². The quantitative estimate of drug-likeness (QED) is 0.327. The Labute approximate surface area is 143 Å². The van der Waals surface area contributed by atoms with Crippen LogP contribution in [0.4, 0.5) is 4.79 Å². The highest BCUT2D eigenvalue weighted by Gasteiger charge is 2.37. The molecular formula is C14H32O6Si3.